The van der Waals surface area contributed by atoms with Gasteiger partial charge in [-0.15, -0.1) is 0 Å². The molecule has 24 heavy (non-hydrogen) atoms. The average molecular weight is 350 g/mol. The molecule has 0 amide bonds. The van der Waals surface area contributed by atoms with E-state index in [-0.39, 0.29) is 23.2 Å². The maximum absolute atomic E-state index is 6.45. The molecule has 1 aliphatic heterocycles. The van der Waals surface area contributed by atoms with Gasteiger partial charge in [-0.1, -0.05) is 27.7 Å². The Bertz CT molecular complexity index is 590. The molecule has 0 unspecified atom stereocenters. The molecule has 2 rings (SSSR count). The van der Waals surface area contributed by atoms with E-state index in [1.807, 2.05) is 24.3 Å². The lowest BCUT2D eigenvalue weighted by Gasteiger charge is -2.45. The summed E-state index contributed by atoms with van der Waals surface area (Å²) in [5, 5.41) is 0.203. The molecule has 0 aliphatic carbocycles. The number of hydrogen-bond donors (Lipinski definition) is 0. The molecule has 3 atom stereocenters. The van der Waals surface area contributed by atoms with Gasteiger partial charge >= 0.3 is 0 Å². The molecule has 1 fully saturated rings. The van der Waals surface area contributed by atoms with Crippen LogP contribution >= 0.6 is 0 Å². The molecule has 1 aliphatic rings. The first-order chi connectivity index (χ1) is 11.0. The number of benzene rings is 1. The van der Waals surface area contributed by atoms with Crippen molar-refractivity contribution in [2.75, 3.05) is 7.11 Å². The molecule has 4 nitrogen and oxygen atoms in total. The highest BCUT2D eigenvalue weighted by atomic mass is 28.4. The molecule has 0 radical (unpaired) electrons. The summed E-state index contributed by atoms with van der Waals surface area (Å²) in [5.41, 5.74) is 0.883. The third-order valence-corrected chi connectivity index (χ3v) is 9.77. The van der Waals surface area contributed by atoms with Crippen LogP contribution in [-0.2, 0) is 9.16 Å². The number of aliphatic imine (C=N–C) groups is 1. The lowest BCUT2D eigenvalue weighted by atomic mass is 9.94. The van der Waals surface area contributed by atoms with Crippen LogP contribution in [0.3, 0.4) is 0 Å². The van der Waals surface area contributed by atoms with Crippen molar-refractivity contribution in [3.63, 3.8) is 0 Å². The van der Waals surface area contributed by atoms with Crippen molar-refractivity contribution in [2.45, 2.75) is 65.0 Å². The van der Waals surface area contributed by atoms with Gasteiger partial charge in [0, 0.05) is 0 Å². The van der Waals surface area contributed by atoms with Crippen LogP contribution in [0.5, 0.6) is 5.75 Å². The fraction of sp³-hybridized carbons (Fsp3) is 0.632. The number of methoxy groups -OCH3 is 1. The summed E-state index contributed by atoms with van der Waals surface area (Å²) in [7, 11) is -0.124. The van der Waals surface area contributed by atoms with Gasteiger partial charge in [-0.05, 0) is 49.3 Å². The first-order valence-electron chi connectivity index (χ1n) is 8.62. The van der Waals surface area contributed by atoms with E-state index in [1.54, 1.807) is 7.11 Å². The van der Waals surface area contributed by atoms with E-state index < -0.39 is 8.32 Å². The number of hydrogen-bond acceptors (Lipinski definition) is 4. The zero-order chi connectivity index (χ0) is 18.1. The molecule has 1 saturated heterocycles. The van der Waals surface area contributed by atoms with Crippen molar-refractivity contribution < 1.29 is 13.9 Å². The lowest BCUT2D eigenvalue weighted by Crippen LogP contribution is -2.54. The maximum atomic E-state index is 6.45. The topological polar surface area (TPSA) is 40.0 Å². The van der Waals surface area contributed by atoms with Gasteiger partial charge in [0.2, 0.25) is 0 Å². The van der Waals surface area contributed by atoms with Gasteiger partial charge < -0.3 is 13.9 Å². The largest absolute Gasteiger partial charge is 0.497 e. The van der Waals surface area contributed by atoms with Crippen LogP contribution in [0, 0.1) is 5.92 Å². The Balaban J connectivity index is 1.98. The minimum absolute atomic E-state index is 0.0794. The van der Waals surface area contributed by atoms with Crippen molar-refractivity contribution in [3.8, 4) is 5.75 Å². The van der Waals surface area contributed by atoms with Crippen LogP contribution < -0.4 is 4.74 Å². The Labute approximate surface area is 147 Å². The standard InChI is InChI=1S/C19H31NO3Si/c1-13-17(14(2)23-24(7,8)19(3,4)5)22-18(13)20-15-9-11-16(21-6)12-10-15/h9-14,17H,1-8H3/t13-,14-,17-/m0/s1. The highest BCUT2D eigenvalue weighted by Crippen LogP contribution is 2.39. The summed E-state index contributed by atoms with van der Waals surface area (Å²) in [4.78, 5) is 4.59. The van der Waals surface area contributed by atoms with Gasteiger partial charge in [-0.3, -0.25) is 0 Å². The number of nitrogens with zero attached hydrogens (tertiary/aromatic N) is 1. The van der Waals surface area contributed by atoms with E-state index >= 15 is 0 Å². The molecule has 0 bridgehead atoms. The van der Waals surface area contributed by atoms with Gasteiger partial charge in [0.15, 0.2) is 14.2 Å². The second kappa shape index (κ2) is 6.88. The monoisotopic (exact) mass is 349 g/mol. The molecule has 0 saturated carbocycles. The van der Waals surface area contributed by atoms with Crippen LogP contribution in [0.2, 0.25) is 18.1 Å². The van der Waals surface area contributed by atoms with Gasteiger partial charge in [0.25, 0.3) is 0 Å². The first kappa shape index (κ1) is 19.0. The van der Waals surface area contributed by atoms with E-state index in [1.165, 1.54) is 0 Å². The molecule has 1 heterocycles. The molecular weight excluding hydrogens is 318 g/mol. The van der Waals surface area contributed by atoms with E-state index in [9.17, 15) is 0 Å². The summed E-state index contributed by atoms with van der Waals surface area (Å²) in [6, 6.07) is 7.68. The average Bonchev–Trinajstić information content (AvgIpc) is 2.49. The normalized spacial score (nSPS) is 24.2. The molecule has 1 aromatic rings. The summed E-state index contributed by atoms with van der Waals surface area (Å²) in [6.45, 7) is 15.6. The third kappa shape index (κ3) is 4.01. The minimum atomic E-state index is -1.78. The van der Waals surface area contributed by atoms with Crippen molar-refractivity contribution in [2.24, 2.45) is 10.9 Å². The third-order valence-electron chi connectivity index (χ3n) is 5.20. The second-order valence-electron chi connectivity index (χ2n) is 8.10. The summed E-state index contributed by atoms with van der Waals surface area (Å²) < 4.78 is 17.6. The van der Waals surface area contributed by atoms with Crippen LogP contribution in [0.1, 0.15) is 34.6 Å². The van der Waals surface area contributed by atoms with Crippen molar-refractivity contribution in [1.29, 1.82) is 0 Å². The zero-order valence-corrected chi connectivity index (χ0v) is 17.2. The van der Waals surface area contributed by atoms with Gasteiger partial charge in [0.05, 0.1) is 24.8 Å². The maximum Gasteiger partial charge on any atom is 0.195 e. The van der Waals surface area contributed by atoms with E-state index in [0.29, 0.717) is 0 Å². The highest BCUT2D eigenvalue weighted by molar-refractivity contribution is 6.74. The molecule has 1 aromatic carbocycles. The highest BCUT2D eigenvalue weighted by Gasteiger charge is 2.45. The SMILES string of the molecule is COc1ccc(N=C2O[C@H]([C@H](C)O[Si](C)(C)C(C)(C)C)[C@@H]2C)cc1. The molecular formula is C19H31NO3Si. The Hall–Kier alpha value is -1.33. The summed E-state index contributed by atoms with van der Waals surface area (Å²) in [5.74, 6) is 1.89. The van der Waals surface area contributed by atoms with Crippen molar-refractivity contribution in [3.05, 3.63) is 24.3 Å². The van der Waals surface area contributed by atoms with Crippen LogP contribution in [0.15, 0.2) is 29.3 Å². The van der Waals surface area contributed by atoms with Crippen LogP contribution in [-0.4, -0.2) is 33.5 Å². The first-order valence-corrected chi connectivity index (χ1v) is 11.5. The fourth-order valence-corrected chi connectivity index (χ4v) is 3.96. The Morgan fingerprint density at radius 3 is 2.21 bits per heavy atom. The molecule has 0 aromatic heterocycles. The Kier molecular flexibility index (Phi) is 5.45. The summed E-state index contributed by atoms with van der Waals surface area (Å²) in [6.07, 6.45) is 0.159. The number of rotatable bonds is 5. The van der Waals surface area contributed by atoms with Gasteiger partial charge in [-0.2, -0.15) is 0 Å². The molecule has 0 spiro atoms. The Morgan fingerprint density at radius 1 is 1.17 bits per heavy atom. The van der Waals surface area contributed by atoms with Crippen molar-refractivity contribution in [1.82, 2.24) is 0 Å². The molecule has 0 N–H and O–H groups in total. The van der Waals surface area contributed by atoms with E-state index in [0.717, 1.165) is 17.3 Å². The second-order valence-corrected chi connectivity index (χ2v) is 12.9. The van der Waals surface area contributed by atoms with Gasteiger partial charge in [0.1, 0.15) is 11.9 Å². The smallest absolute Gasteiger partial charge is 0.195 e. The predicted molar refractivity (Wildman–Crippen MR) is 102 cm³/mol. The lowest BCUT2D eigenvalue weighted by molar-refractivity contribution is -0.0253. The zero-order valence-electron chi connectivity index (χ0n) is 16.2. The van der Waals surface area contributed by atoms with E-state index in [4.69, 9.17) is 13.9 Å². The fourth-order valence-electron chi connectivity index (χ4n) is 2.54. The Morgan fingerprint density at radius 2 is 1.75 bits per heavy atom. The minimum Gasteiger partial charge on any atom is -0.497 e. The molecule has 134 valence electrons. The van der Waals surface area contributed by atoms with Gasteiger partial charge in [-0.25, -0.2) is 4.99 Å². The van der Waals surface area contributed by atoms with Crippen LogP contribution in [0.4, 0.5) is 5.69 Å². The quantitative estimate of drug-likeness (QED) is 0.688. The molecule has 5 heteroatoms. The van der Waals surface area contributed by atoms with Crippen molar-refractivity contribution >= 4 is 19.9 Å². The summed E-state index contributed by atoms with van der Waals surface area (Å²) >= 11 is 0. The van der Waals surface area contributed by atoms with Crippen LogP contribution in [0.25, 0.3) is 0 Å². The predicted octanol–water partition coefficient (Wildman–Crippen LogP) is 5.17. The number of ether oxygens (including phenoxy) is 2. The van der Waals surface area contributed by atoms with E-state index in [2.05, 4.69) is 52.7 Å².